The summed E-state index contributed by atoms with van der Waals surface area (Å²) in [5, 5.41) is 0. The van der Waals surface area contributed by atoms with E-state index >= 15 is 0 Å². The summed E-state index contributed by atoms with van der Waals surface area (Å²) < 4.78 is 5.88. The Morgan fingerprint density at radius 3 is 2.37 bits per heavy atom. The van der Waals surface area contributed by atoms with E-state index in [0.717, 1.165) is 50.9 Å². The van der Waals surface area contributed by atoms with E-state index in [1.54, 1.807) is 0 Å². The zero-order valence-corrected chi connectivity index (χ0v) is 18.6. The van der Waals surface area contributed by atoms with Crippen LogP contribution < -0.4 is 4.90 Å². The molecule has 1 aliphatic heterocycles. The summed E-state index contributed by atoms with van der Waals surface area (Å²) in [7, 11) is 0. The van der Waals surface area contributed by atoms with Gasteiger partial charge in [-0.25, -0.2) is 4.79 Å². The average Bonchev–Trinajstić information content (AvgIpc) is 3.10. The third kappa shape index (κ3) is 4.05. The van der Waals surface area contributed by atoms with Crippen molar-refractivity contribution in [2.45, 2.75) is 64.5 Å². The fourth-order valence-corrected chi connectivity index (χ4v) is 5.01. The molecule has 0 aromatic heterocycles. The number of amides is 1. The van der Waals surface area contributed by atoms with Gasteiger partial charge in [-0.1, -0.05) is 42.8 Å². The third-order valence-corrected chi connectivity index (χ3v) is 6.93. The van der Waals surface area contributed by atoms with E-state index in [1.165, 1.54) is 23.2 Å². The lowest BCUT2D eigenvalue weighted by atomic mass is 9.84. The topological polar surface area (TPSA) is 32.8 Å². The second-order valence-electron chi connectivity index (χ2n) is 8.76. The highest BCUT2D eigenvalue weighted by Crippen LogP contribution is 2.40. The van der Waals surface area contributed by atoms with E-state index in [4.69, 9.17) is 4.74 Å². The molecular formula is C26H34N2O2. The van der Waals surface area contributed by atoms with Gasteiger partial charge in [0.15, 0.2) is 0 Å². The van der Waals surface area contributed by atoms with Crippen LogP contribution in [-0.2, 0) is 4.74 Å². The van der Waals surface area contributed by atoms with Crippen molar-refractivity contribution >= 4 is 11.8 Å². The van der Waals surface area contributed by atoms with Crippen LogP contribution in [-0.4, -0.2) is 36.2 Å². The highest BCUT2D eigenvalue weighted by molar-refractivity contribution is 5.72. The predicted molar refractivity (Wildman–Crippen MR) is 123 cm³/mol. The summed E-state index contributed by atoms with van der Waals surface area (Å²) in [6.07, 6.45) is 5.44. The third-order valence-electron chi connectivity index (χ3n) is 6.93. The van der Waals surface area contributed by atoms with Crippen LogP contribution in [0.4, 0.5) is 10.5 Å². The number of hydrogen-bond donors (Lipinski definition) is 0. The van der Waals surface area contributed by atoms with Crippen molar-refractivity contribution < 1.29 is 9.53 Å². The van der Waals surface area contributed by atoms with Gasteiger partial charge in [0.2, 0.25) is 0 Å². The van der Waals surface area contributed by atoms with Crippen LogP contribution in [0.15, 0.2) is 48.5 Å². The Morgan fingerprint density at radius 2 is 1.70 bits per heavy atom. The number of carbonyl (C=O) groups excluding carboxylic acids is 1. The van der Waals surface area contributed by atoms with Crippen molar-refractivity contribution in [3.8, 4) is 11.1 Å². The first kappa shape index (κ1) is 20.8. The van der Waals surface area contributed by atoms with Crippen molar-refractivity contribution in [1.82, 2.24) is 4.90 Å². The lowest BCUT2D eigenvalue weighted by Crippen LogP contribution is -2.37. The number of benzene rings is 2. The smallest absolute Gasteiger partial charge is 0.411 e. The monoisotopic (exact) mass is 406 g/mol. The molecule has 1 spiro atoms. The van der Waals surface area contributed by atoms with E-state index in [2.05, 4.69) is 74.2 Å². The molecule has 1 saturated heterocycles. The van der Waals surface area contributed by atoms with Crippen molar-refractivity contribution in [3.05, 3.63) is 54.1 Å². The molecule has 2 fully saturated rings. The Bertz CT molecular complexity index is 867. The molecule has 4 rings (SSSR count). The van der Waals surface area contributed by atoms with Gasteiger partial charge in [-0.05, 0) is 75.3 Å². The summed E-state index contributed by atoms with van der Waals surface area (Å²) in [4.78, 5) is 16.9. The van der Waals surface area contributed by atoms with Crippen molar-refractivity contribution in [2.75, 3.05) is 24.5 Å². The maximum absolute atomic E-state index is 12.6. The molecule has 1 atom stereocenters. The largest absolute Gasteiger partial charge is 0.441 e. The zero-order valence-electron chi connectivity index (χ0n) is 18.6. The van der Waals surface area contributed by atoms with Crippen LogP contribution in [0, 0.1) is 0 Å². The molecule has 1 amide bonds. The second kappa shape index (κ2) is 8.71. The van der Waals surface area contributed by atoms with Crippen LogP contribution in [0.2, 0.25) is 0 Å². The average molecular weight is 407 g/mol. The van der Waals surface area contributed by atoms with E-state index in [1.807, 2.05) is 4.90 Å². The molecule has 1 aliphatic carbocycles. The lowest BCUT2D eigenvalue weighted by molar-refractivity contribution is 0.0259. The minimum Gasteiger partial charge on any atom is -0.441 e. The SMILES string of the molecule is CCN(CC)c1cccc(-c2ccc(C(C)N3CC4(CCCCC4)OC3=O)cc2)c1. The Kier molecular flexibility index (Phi) is 6.03. The molecular weight excluding hydrogens is 372 g/mol. The number of carbonyl (C=O) groups is 1. The van der Waals surface area contributed by atoms with E-state index in [-0.39, 0.29) is 17.7 Å². The predicted octanol–water partition coefficient (Wildman–Crippen LogP) is 6.42. The van der Waals surface area contributed by atoms with Gasteiger partial charge in [-0.15, -0.1) is 0 Å². The normalized spacial score (nSPS) is 19.0. The summed E-state index contributed by atoms with van der Waals surface area (Å²) in [6.45, 7) is 9.22. The van der Waals surface area contributed by atoms with Gasteiger partial charge in [0, 0.05) is 18.8 Å². The Morgan fingerprint density at radius 1 is 1.00 bits per heavy atom. The van der Waals surface area contributed by atoms with Crippen molar-refractivity contribution in [3.63, 3.8) is 0 Å². The van der Waals surface area contributed by atoms with Crippen LogP contribution in [0.1, 0.15) is 64.5 Å². The molecule has 0 bridgehead atoms. The number of hydrogen-bond acceptors (Lipinski definition) is 3. The van der Waals surface area contributed by atoms with Gasteiger partial charge >= 0.3 is 6.09 Å². The fourth-order valence-electron chi connectivity index (χ4n) is 5.01. The first-order chi connectivity index (χ1) is 14.5. The maximum Gasteiger partial charge on any atom is 0.411 e. The summed E-state index contributed by atoms with van der Waals surface area (Å²) >= 11 is 0. The molecule has 0 N–H and O–H groups in total. The summed E-state index contributed by atoms with van der Waals surface area (Å²) in [5.74, 6) is 0. The Labute approximate surface area is 180 Å². The van der Waals surface area contributed by atoms with Crippen molar-refractivity contribution in [2.24, 2.45) is 0 Å². The van der Waals surface area contributed by atoms with Gasteiger partial charge in [0.1, 0.15) is 5.60 Å². The Balaban J connectivity index is 1.50. The van der Waals surface area contributed by atoms with Crippen LogP contribution >= 0.6 is 0 Å². The van der Waals surface area contributed by atoms with Crippen LogP contribution in [0.3, 0.4) is 0 Å². The summed E-state index contributed by atoms with van der Waals surface area (Å²) in [6, 6.07) is 17.4. The minimum absolute atomic E-state index is 0.0230. The molecule has 1 saturated carbocycles. The minimum atomic E-state index is -0.242. The van der Waals surface area contributed by atoms with Gasteiger partial charge in [0.05, 0.1) is 12.6 Å². The second-order valence-corrected chi connectivity index (χ2v) is 8.76. The quantitative estimate of drug-likeness (QED) is 0.555. The fraction of sp³-hybridized carbons (Fsp3) is 0.500. The molecule has 1 unspecified atom stereocenters. The molecule has 4 heteroatoms. The lowest BCUT2D eigenvalue weighted by Gasteiger charge is -2.31. The Hall–Kier alpha value is -2.49. The number of anilines is 1. The molecule has 2 aromatic carbocycles. The molecule has 0 radical (unpaired) electrons. The van der Waals surface area contributed by atoms with Crippen molar-refractivity contribution in [1.29, 1.82) is 0 Å². The van der Waals surface area contributed by atoms with Gasteiger partial charge < -0.3 is 9.64 Å². The van der Waals surface area contributed by atoms with E-state index in [9.17, 15) is 4.79 Å². The van der Waals surface area contributed by atoms with E-state index < -0.39 is 0 Å². The van der Waals surface area contributed by atoms with Gasteiger partial charge in [-0.2, -0.15) is 0 Å². The van der Waals surface area contributed by atoms with Crippen LogP contribution in [0.5, 0.6) is 0 Å². The highest BCUT2D eigenvalue weighted by atomic mass is 16.6. The molecule has 4 nitrogen and oxygen atoms in total. The molecule has 1 heterocycles. The zero-order chi connectivity index (χ0) is 21.1. The molecule has 30 heavy (non-hydrogen) atoms. The van der Waals surface area contributed by atoms with E-state index in [0.29, 0.717) is 0 Å². The highest BCUT2D eigenvalue weighted by Gasteiger charge is 2.47. The molecule has 2 aliphatic rings. The number of rotatable bonds is 6. The maximum atomic E-state index is 12.6. The van der Waals surface area contributed by atoms with Gasteiger partial charge in [-0.3, -0.25) is 4.90 Å². The number of nitrogens with zero attached hydrogens (tertiary/aromatic N) is 2. The summed E-state index contributed by atoms with van der Waals surface area (Å²) in [5.41, 5.74) is 4.60. The molecule has 2 aromatic rings. The number of ether oxygens (including phenoxy) is 1. The van der Waals surface area contributed by atoms with Gasteiger partial charge in [0.25, 0.3) is 0 Å². The van der Waals surface area contributed by atoms with Crippen LogP contribution in [0.25, 0.3) is 11.1 Å². The molecule has 160 valence electrons. The standard InChI is InChI=1S/C26H34N2O2/c1-4-27(5-2)24-11-9-10-23(18-24)22-14-12-21(13-15-22)20(3)28-19-26(30-25(28)29)16-7-6-8-17-26/h9-15,18,20H,4-8,16-17,19H2,1-3H3. The first-order valence-corrected chi connectivity index (χ1v) is 11.5. The first-order valence-electron chi connectivity index (χ1n) is 11.5.